The molecule has 1 heterocycles. The van der Waals surface area contributed by atoms with Gasteiger partial charge in [0, 0.05) is 18.3 Å². The van der Waals surface area contributed by atoms with Crippen molar-refractivity contribution in [3.8, 4) is 22.8 Å². The molecule has 2 aromatic rings. The molecule has 2 rings (SSSR count). The van der Waals surface area contributed by atoms with Crippen molar-refractivity contribution >= 4 is 0 Å². The zero-order chi connectivity index (χ0) is 11.5. The predicted octanol–water partition coefficient (Wildman–Crippen LogP) is 2.28. The minimum atomic E-state index is 0.232. The van der Waals surface area contributed by atoms with Crippen LogP contribution in [0.3, 0.4) is 0 Å². The average molecular weight is 218 g/mol. The lowest BCUT2D eigenvalue weighted by atomic mass is 10.1. The van der Waals surface area contributed by atoms with E-state index in [2.05, 4.69) is 5.10 Å². The van der Waals surface area contributed by atoms with Gasteiger partial charge in [-0.2, -0.15) is 5.10 Å². The van der Waals surface area contributed by atoms with Crippen LogP contribution in [-0.4, -0.2) is 22.0 Å². The highest BCUT2D eigenvalue weighted by molar-refractivity contribution is 5.68. The van der Waals surface area contributed by atoms with Crippen molar-refractivity contribution in [3.05, 3.63) is 30.5 Å². The number of rotatable bonds is 3. The number of phenols is 1. The molecule has 0 saturated heterocycles. The molecular weight excluding hydrogens is 204 g/mol. The van der Waals surface area contributed by atoms with Crippen LogP contribution >= 0.6 is 0 Å². The molecule has 0 aliphatic heterocycles. The lowest BCUT2D eigenvalue weighted by Crippen LogP contribution is -1.99. The van der Waals surface area contributed by atoms with E-state index in [1.807, 2.05) is 17.7 Å². The summed E-state index contributed by atoms with van der Waals surface area (Å²) in [5.74, 6) is 0.952. The fourth-order valence-corrected chi connectivity index (χ4v) is 1.66. The van der Waals surface area contributed by atoms with E-state index < -0.39 is 0 Å². The predicted molar refractivity (Wildman–Crippen MR) is 61.6 cm³/mol. The van der Waals surface area contributed by atoms with Crippen LogP contribution in [0.2, 0.25) is 0 Å². The van der Waals surface area contributed by atoms with Crippen LogP contribution in [0.25, 0.3) is 11.3 Å². The van der Waals surface area contributed by atoms with Crippen LogP contribution in [0.4, 0.5) is 0 Å². The minimum Gasteiger partial charge on any atom is -0.507 e. The maximum atomic E-state index is 9.83. The Morgan fingerprint density at radius 2 is 2.19 bits per heavy atom. The summed E-state index contributed by atoms with van der Waals surface area (Å²) in [7, 11) is 1.60. The van der Waals surface area contributed by atoms with Gasteiger partial charge in [0.2, 0.25) is 0 Å². The molecule has 0 spiro atoms. The van der Waals surface area contributed by atoms with Crippen molar-refractivity contribution in [2.75, 3.05) is 7.11 Å². The largest absolute Gasteiger partial charge is 0.507 e. The third-order valence-corrected chi connectivity index (χ3v) is 2.50. The summed E-state index contributed by atoms with van der Waals surface area (Å²) in [6, 6.07) is 7.03. The molecular formula is C12H14N2O2. The number of hydrogen-bond acceptors (Lipinski definition) is 3. The molecule has 0 unspecified atom stereocenters. The van der Waals surface area contributed by atoms with Crippen LogP contribution < -0.4 is 4.74 Å². The summed E-state index contributed by atoms with van der Waals surface area (Å²) < 4.78 is 6.97. The smallest absolute Gasteiger partial charge is 0.125 e. The quantitative estimate of drug-likeness (QED) is 0.859. The van der Waals surface area contributed by atoms with E-state index in [9.17, 15) is 5.11 Å². The van der Waals surface area contributed by atoms with E-state index in [1.165, 1.54) is 0 Å². The van der Waals surface area contributed by atoms with Crippen molar-refractivity contribution in [2.24, 2.45) is 0 Å². The van der Waals surface area contributed by atoms with Crippen molar-refractivity contribution in [2.45, 2.75) is 13.5 Å². The number of aryl methyl sites for hydroxylation is 1. The maximum Gasteiger partial charge on any atom is 0.125 e. The van der Waals surface area contributed by atoms with Gasteiger partial charge in [-0.15, -0.1) is 0 Å². The third kappa shape index (κ3) is 1.74. The molecule has 0 aliphatic carbocycles. The van der Waals surface area contributed by atoms with Crippen LogP contribution in [-0.2, 0) is 6.54 Å². The van der Waals surface area contributed by atoms with Gasteiger partial charge in [-0.1, -0.05) is 0 Å². The maximum absolute atomic E-state index is 9.83. The summed E-state index contributed by atoms with van der Waals surface area (Å²) in [4.78, 5) is 0. The van der Waals surface area contributed by atoms with Crippen molar-refractivity contribution in [3.63, 3.8) is 0 Å². The molecule has 0 saturated carbocycles. The molecule has 4 nitrogen and oxygen atoms in total. The Bertz CT molecular complexity index is 492. The SMILES string of the molecule is CCn1nccc1-c1cc(OC)ccc1O. The Balaban J connectivity index is 2.54. The van der Waals surface area contributed by atoms with Gasteiger partial charge in [0.15, 0.2) is 0 Å². The van der Waals surface area contributed by atoms with Gasteiger partial charge < -0.3 is 9.84 Å². The Morgan fingerprint density at radius 3 is 2.88 bits per heavy atom. The van der Waals surface area contributed by atoms with E-state index >= 15 is 0 Å². The highest BCUT2D eigenvalue weighted by atomic mass is 16.5. The normalized spacial score (nSPS) is 10.4. The average Bonchev–Trinajstić information content (AvgIpc) is 2.77. The summed E-state index contributed by atoms with van der Waals surface area (Å²) in [6.45, 7) is 2.77. The lowest BCUT2D eigenvalue weighted by Gasteiger charge is -2.08. The van der Waals surface area contributed by atoms with Crippen LogP contribution in [0.5, 0.6) is 11.5 Å². The van der Waals surface area contributed by atoms with E-state index in [1.54, 1.807) is 31.5 Å². The molecule has 84 valence electrons. The van der Waals surface area contributed by atoms with Gasteiger partial charge in [-0.25, -0.2) is 0 Å². The number of aromatic nitrogens is 2. The Labute approximate surface area is 94.1 Å². The van der Waals surface area contributed by atoms with Crippen molar-refractivity contribution in [1.82, 2.24) is 9.78 Å². The lowest BCUT2D eigenvalue weighted by molar-refractivity contribution is 0.412. The van der Waals surface area contributed by atoms with Gasteiger partial charge in [0.25, 0.3) is 0 Å². The first-order valence-electron chi connectivity index (χ1n) is 5.15. The molecule has 0 radical (unpaired) electrons. The first kappa shape index (κ1) is 10.5. The number of aromatic hydroxyl groups is 1. The topological polar surface area (TPSA) is 47.3 Å². The van der Waals surface area contributed by atoms with Crippen LogP contribution in [0, 0.1) is 0 Å². The number of hydrogen-bond donors (Lipinski definition) is 1. The van der Waals surface area contributed by atoms with Gasteiger partial charge in [0.1, 0.15) is 11.5 Å². The summed E-state index contributed by atoms with van der Waals surface area (Å²) in [5, 5.41) is 14.0. The molecule has 0 aliphatic rings. The fourth-order valence-electron chi connectivity index (χ4n) is 1.66. The van der Waals surface area contributed by atoms with Crippen LogP contribution in [0.15, 0.2) is 30.5 Å². The van der Waals surface area contributed by atoms with Gasteiger partial charge >= 0.3 is 0 Å². The number of phenolic OH excluding ortho intramolecular Hbond substituents is 1. The molecule has 16 heavy (non-hydrogen) atoms. The van der Waals surface area contributed by atoms with Gasteiger partial charge in [-0.05, 0) is 31.2 Å². The van der Waals surface area contributed by atoms with Gasteiger partial charge in [0.05, 0.1) is 12.8 Å². The Hall–Kier alpha value is -1.97. The third-order valence-electron chi connectivity index (χ3n) is 2.50. The van der Waals surface area contributed by atoms with E-state index in [0.29, 0.717) is 0 Å². The first-order valence-corrected chi connectivity index (χ1v) is 5.15. The van der Waals surface area contributed by atoms with E-state index in [4.69, 9.17) is 4.74 Å². The van der Waals surface area contributed by atoms with E-state index in [-0.39, 0.29) is 5.75 Å². The fraction of sp³-hybridized carbons (Fsp3) is 0.250. The Kier molecular flexibility index (Phi) is 2.81. The summed E-state index contributed by atoms with van der Waals surface area (Å²) >= 11 is 0. The zero-order valence-corrected chi connectivity index (χ0v) is 9.34. The molecule has 1 aromatic heterocycles. The van der Waals surface area contributed by atoms with Gasteiger partial charge in [-0.3, -0.25) is 4.68 Å². The molecule has 1 N–H and O–H groups in total. The highest BCUT2D eigenvalue weighted by Gasteiger charge is 2.10. The number of methoxy groups -OCH3 is 1. The number of ether oxygens (including phenoxy) is 1. The Morgan fingerprint density at radius 1 is 1.38 bits per heavy atom. The minimum absolute atomic E-state index is 0.232. The first-order chi connectivity index (χ1) is 7.76. The second kappa shape index (κ2) is 4.26. The monoisotopic (exact) mass is 218 g/mol. The molecule has 0 fully saturated rings. The standard InChI is InChI=1S/C12H14N2O2/c1-3-14-11(6-7-13-14)10-8-9(16-2)4-5-12(10)15/h4-8,15H,3H2,1-2H3. The van der Waals surface area contributed by atoms with Crippen LogP contribution in [0.1, 0.15) is 6.92 Å². The molecule has 1 aromatic carbocycles. The molecule has 0 atom stereocenters. The molecule has 0 amide bonds. The number of nitrogens with zero attached hydrogens (tertiary/aromatic N) is 2. The van der Waals surface area contributed by atoms with Crippen molar-refractivity contribution in [1.29, 1.82) is 0 Å². The second-order valence-corrected chi connectivity index (χ2v) is 3.42. The highest BCUT2D eigenvalue weighted by Crippen LogP contribution is 2.32. The summed E-state index contributed by atoms with van der Waals surface area (Å²) in [6.07, 6.45) is 1.72. The number of benzene rings is 1. The second-order valence-electron chi connectivity index (χ2n) is 3.42. The van der Waals surface area contributed by atoms with E-state index in [0.717, 1.165) is 23.6 Å². The van der Waals surface area contributed by atoms with Crippen molar-refractivity contribution < 1.29 is 9.84 Å². The summed E-state index contributed by atoms with van der Waals surface area (Å²) in [5.41, 5.74) is 1.62. The molecule has 0 bridgehead atoms. The zero-order valence-electron chi connectivity index (χ0n) is 9.34. The molecule has 4 heteroatoms.